The van der Waals surface area contributed by atoms with E-state index in [1.807, 2.05) is 0 Å². The topological polar surface area (TPSA) is 69.6 Å². The van der Waals surface area contributed by atoms with Crippen molar-refractivity contribution in [3.05, 3.63) is 18.1 Å². The van der Waals surface area contributed by atoms with Crippen molar-refractivity contribution in [2.75, 3.05) is 37.6 Å². The zero-order valence-corrected chi connectivity index (χ0v) is 12.0. The lowest BCUT2D eigenvalue weighted by Gasteiger charge is -2.25. The van der Waals surface area contributed by atoms with Crippen LogP contribution in [0, 0.1) is 0 Å². The molecule has 0 amide bonds. The molecule has 1 aromatic heterocycles. The van der Waals surface area contributed by atoms with Crippen LogP contribution in [0.4, 0.5) is 5.82 Å². The summed E-state index contributed by atoms with van der Waals surface area (Å²) in [6.07, 6.45) is 6.50. The predicted octanol–water partition coefficient (Wildman–Crippen LogP) is 1.49. The van der Waals surface area contributed by atoms with Crippen molar-refractivity contribution < 1.29 is 9.90 Å². The Morgan fingerprint density at radius 3 is 2.60 bits per heavy atom. The summed E-state index contributed by atoms with van der Waals surface area (Å²) in [6, 6.07) is 0. The summed E-state index contributed by atoms with van der Waals surface area (Å²) in [5.41, 5.74) is -0.00950. The first-order valence-corrected chi connectivity index (χ1v) is 7.23. The van der Waals surface area contributed by atoms with Crippen LogP contribution in [-0.2, 0) is 0 Å². The highest BCUT2D eigenvalue weighted by molar-refractivity contribution is 5.84. The summed E-state index contributed by atoms with van der Waals surface area (Å²) in [6.45, 7) is 7.35. The molecule has 0 atom stereocenters. The van der Waals surface area contributed by atoms with E-state index < -0.39 is 5.97 Å². The smallest absolute Gasteiger partial charge is 0.356 e. The van der Waals surface area contributed by atoms with E-state index in [9.17, 15) is 4.79 Å². The third-order valence-electron chi connectivity index (χ3n) is 3.56. The first-order chi connectivity index (χ1) is 9.70. The second-order valence-electron chi connectivity index (χ2n) is 5.10. The molecule has 1 aliphatic rings. The quantitative estimate of drug-likeness (QED) is 0.815. The average molecular weight is 278 g/mol. The van der Waals surface area contributed by atoms with Crippen molar-refractivity contribution in [1.82, 2.24) is 14.9 Å². The Morgan fingerprint density at radius 1 is 1.30 bits per heavy atom. The molecule has 110 valence electrons. The number of carboxylic acids is 1. The van der Waals surface area contributed by atoms with Crippen molar-refractivity contribution in [1.29, 1.82) is 0 Å². The number of aromatic carboxylic acids is 1. The monoisotopic (exact) mass is 278 g/mol. The van der Waals surface area contributed by atoms with Crippen molar-refractivity contribution in [3.63, 3.8) is 0 Å². The van der Waals surface area contributed by atoms with Gasteiger partial charge >= 0.3 is 5.97 Å². The molecule has 0 radical (unpaired) electrons. The van der Waals surface area contributed by atoms with E-state index in [4.69, 9.17) is 5.11 Å². The lowest BCUT2D eigenvalue weighted by atomic mass is 10.3. The van der Waals surface area contributed by atoms with Crippen LogP contribution in [0.5, 0.6) is 0 Å². The Labute approximate surface area is 119 Å². The fourth-order valence-corrected chi connectivity index (χ4v) is 2.47. The van der Waals surface area contributed by atoms with E-state index in [-0.39, 0.29) is 5.69 Å². The number of likely N-dealkylation sites (tertiary alicyclic amines) is 1. The van der Waals surface area contributed by atoms with Crippen LogP contribution >= 0.6 is 0 Å². The van der Waals surface area contributed by atoms with Gasteiger partial charge in [-0.25, -0.2) is 14.8 Å². The Kier molecular flexibility index (Phi) is 5.29. The molecule has 1 aliphatic heterocycles. The van der Waals surface area contributed by atoms with Gasteiger partial charge in [0.05, 0.1) is 12.4 Å². The summed E-state index contributed by atoms with van der Waals surface area (Å²) in [4.78, 5) is 23.6. The van der Waals surface area contributed by atoms with Gasteiger partial charge < -0.3 is 14.9 Å². The number of carboxylic acid groups (broad SMARTS) is 1. The molecule has 0 unspecified atom stereocenters. The van der Waals surface area contributed by atoms with Crippen LogP contribution < -0.4 is 4.90 Å². The number of hydrogen-bond acceptors (Lipinski definition) is 5. The van der Waals surface area contributed by atoms with Crippen molar-refractivity contribution in [2.45, 2.75) is 26.2 Å². The Hall–Kier alpha value is -1.69. The van der Waals surface area contributed by atoms with E-state index in [1.165, 1.54) is 32.1 Å². The number of rotatable bonds is 7. The third-order valence-corrected chi connectivity index (χ3v) is 3.56. The maximum absolute atomic E-state index is 10.8. The van der Waals surface area contributed by atoms with Gasteiger partial charge in [0.2, 0.25) is 0 Å². The molecule has 0 saturated carbocycles. The fraction of sp³-hybridized carbons (Fsp3) is 0.643. The predicted molar refractivity (Wildman–Crippen MR) is 77.2 cm³/mol. The van der Waals surface area contributed by atoms with Gasteiger partial charge in [0.15, 0.2) is 5.69 Å². The highest BCUT2D eigenvalue weighted by atomic mass is 16.4. The average Bonchev–Trinajstić information content (AvgIpc) is 2.97. The second kappa shape index (κ2) is 7.19. The molecule has 0 spiro atoms. The van der Waals surface area contributed by atoms with E-state index in [1.54, 1.807) is 6.20 Å². The number of hydrogen-bond donors (Lipinski definition) is 1. The molecule has 1 fully saturated rings. The molecule has 2 heterocycles. The van der Waals surface area contributed by atoms with Crippen LogP contribution in [0.15, 0.2) is 12.4 Å². The first-order valence-electron chi connectivity index (χ1n) is 7.23. The van der Waals surface area contributed by atoms with Crippen molar-refractivity contribution in [2.24, 2.45) is 0 Å². The molecule has 20 heavy (non-hydrogen) atoms. The first kappa shape index (κ1) is 14.7. The van der Waals surface area contributed by atoms with Crippen LogP contribution in [0.2, 0.25) is 0 Å². The van der Waals surface area contributed by atoms with Crippen molar-refractivity contribution in [3.8, 4) is 0 Å². The van der Waals surface area contributed by atoms with Gasteiger partial charge in [-0.05, 0) is 32.4 Å². The summed E-state index contributed by atoms with van der Waals surface area (Å²) in [7, 11) is 0. The maximum Gasteiger partial charge on any atom is 0.356 e. The molecular weight excluding hydrogens is 256 g/mol. The fourth-order valence-electron chi connectivity index (χ4n) is 2.47. The van der Waals surface area contributed by atoms with Gasteiger partial charge in [0.25, 0.3) is 0 Å². The van der Waals surface area contributed by atoms with E-state index in [0.29, 0.717) is 0 Å². The Balaban J connectivity index is 1.97. The van der Waals surface area contributed by atoms with Crippen LogP contribution in [-0.4, -0.2) is 58.7 Å². The summed E-state index contributed by atoms with van der Waals surface area (Å²) in [5, 5.41) is 8.84. The maximum atomic E-state index is 10.8. The second-order valence-corrected chi connectivity index (χ2v) is 5.10. The zero-order chi connectivity index (χ0) is 14.4. The molecule has 2 rings (SSSR count). The van der Waals surface area contributed by atoms with Gasteiger partial charge in [-0.1, -0.05) is 6.92 Å². The standard InChI is InChI=1S/C14H22N4O2/c1-2-5-18(9-8-17-6-3-4-7-17)13-11-15-12(10-16-13)14(19)20/h10-11H,2-9H2,1H3,(H,19,20). The number of aromatic nitrogens is 2. The van der Waals surface area contributed by atoms with E-state index >= 15 is 0 Å². The van der Waals surface area contributed by atoms with Gasteiger partial charge in [0, 0.05) is 19.6 Å². The normalized spacial score (nSPS) is 15.4. The number of anilines is 1. The largest absolute Gasteiger partial charge is 0.476 e. The molecule has 6 heteroatoms. The highest BCUT2D eigenvalue weighted by Crippen LogP contribution is 2.12. The molecule has 0 bridgehead atoms. The molecule has 6 nitrogen and oxygen atoms in total. The van der Waals surface area contributed by atoms with Crippen LogP contribution in [0.1, 0.15) is 36.7 Å². The van der Waals surface area contributed by atoms with Crippen LogP contribution in [0.3, 0.4) is 0 Å². The highest BCUT2D eigenvalue weighted by Gasteiger charge is 2.14. The van der Waals surface area contributed by atoms with Crippen molar-refractivity contribution >= 4 is 11.8 Å². The SMILES string of the molecule is CCCN(CCN1CCCC1)c1cnc(C(=O)O)cn1. The van der Waals surface area contributed by atoms with E-state index in [2.05, 4.69) is 26.7 Å². The van der Waals surface area contributed by atoms with E-state index in [0.717, 1.165) is 31.9 Å². The molecule has 1 saturated heterocycles. The minimum absolute atomic E-state index is 0.00950. The molecule has 0 aromatic carbocycles. The van der Waals surface area contributed by atoms with Gasteiger partial charge in [-0.15, -0.1) is 0 Å². The Bertz CT molecular complexity index is 429. The summed E-state index contributed by atoms with van der Waals surface area (Å²) in [5.74, 6) is -0.279. The van der Waals surface area contributed by atoms with Gasteiger partial charge in [-0.3, -0.25) is 0 Å². The molecule has 0 aliphatic carbocycles. The third kappa shape index (κ3) is 3.90. The Morgan fingerprint density at radius 2 is 2.05 bits per heavy atom. The minimum atomic E-state index is -1.04. The number of carbonyl (C=O) groups is 1. The summed E-state index contributed by atoms with van der Waals surface area (Å²) >= 11 is 0. The molecule has 1 aromatic rings. The zero-order valence-electron chi connectivity index (χ0n) is 12.0. The molecular formula is C14H22N4O2. The summed E-state index contributed by atoms with van der Waals surface area (Å²) < 4.78 is 0. The molecule has 1 N–H and O–H groups in total. The van der Waals surface area contributed by atoms with Crippen LogP contribution in [0.25, 0.3) is 0 Å². The van der Waals surface area contributed by atoms with Gasteiger partial charge in [-0.2, -0.15) is 0 Å². The van der Waals surface area contributed by atoms with Gasteiger partial charge in [0.1, 0.15) is 5.82 Å². The lowest BCUT2D eigenvalue weighted by Crippen LogP contribution is -2.35. The number of nitrogens with zero attached hydrogens (tertiary/aromatic N) is 4. The minimum Gasteiger partial charge on any atom is -0.476 e. The lowest BCUT2D eigenvalue weighted by molar-refractivity contribution is 0.0690.